The summed E-state index contributed by atoms with van der Waals surface area (Å²) >= 11 is 0. The summed E-state index contributed by atoms with van der Waals surface area (Å²) in [5.41, 5.74) is 8.15. The van der Waals surface area contributed by atoms with E-state index in [1.165, 1.54) is 0 Å². The van der Waals surface area contributed by atoms with E-state index in [0.29, 0.717) is 11.6 Å². The van der Waals surface area contributed by atoms with Crippen molar-refractivity contribution < 1.29 is 5.11 Å². The number of nitrogens with one attached hydrogen (secondary N) is 1. The van der Waals surface area contributed by atoms with E-state index < -0.39 is 0 Å². The quantitative estimate of drug-likeness (QED) is 0.793. The Balaban J connectivity index is 0.000000322. The number of likely N-dealkylation sites (N-methyl/N-ethyl adjacent to an activating group) is 1. The lowest BCUT2D eigenvalue weighted by Crippen LogP contribution is -2.32. The molecule has 0 aliphatic carbocycles. The number of aromatic hydroxyl groups is 1. The van der Waals surface area contributed by atoms with E-state index in [2.05, 4.69) is 25.2 Å². The minimum atomic E-state index is 0.283. The topological polar surface area (TPSA) is 82.1 Å². The molecule has 0 saturated carbocycles. The molecule has 2 aromatic carbocycles. The number of phenolic OH excluding ortho intramolecular Hbond substituents is 1. The van der Waals surface area contributed by atoms with Crippen molar-refractivity contribution >= 4 is 0 Å². The van der Waals surface area contributed by atoms with Gasteiger partial charge in [0, 0.05) is 12.6 Å². The molecule has 122 valence electrons. The zero-order valence-electron chi connectivity index (χ0n) is 13.8. The molecule has 0 bridgehead atoms. The third-order valence-electron chi connectivity index (χ3n) is 3.31. The maximum Gasteiger partial charge on any atom is 0.115 e. The monoisotopic (exact) mass is 311 g/mol. The van der Waals surface area contributed by atoms with E-state index in [4.69, 9.17) is 11.0 Å². The summed E-state index contributed by atoms with van der Waals surface area (Å²) < 4.78 is 0. The molecule has 0 amide bonds. The molecule has 1 atom stereocenters. The van der Waals surface area contributed by atoms with Gasteiger partial charge in [-0.25, -0.2) is 0 Å². The molecule has 0 heterocycles. The molecule has 0 saturated heterocycles. The summed E-state index contributed by atoms with van der Waals surface area (Å²) in [4.78, 5) is 0. The number of hydrogen-bond acceptors (Lipinski definition) is 4. The molecule has 4 nitrogen and oxygen atoms in total. The number of nitrogens with two attached hydrogens (primary N) is 1. The highest BCUT2D eigenvalue weighted by atomic mass is 16.3. The van der Waals surface area contributed by atoms with Crippen molar-refractivity contribution in [3.05, 3.63) is 65.2 Å². The first kappa shape index (κ1) is 18.7. The van der Waals surface area contributed by atoms with Crippen molar-refractivity contribution in [1.29, 1.82) is 5.26 Å². The van der Waals surface area contributed by atoms with Crippen LogP contribution < -0.4 is 11.1 Å². The van der Waals surface area contributed by atoms with Crippen molar-refractivity contribution in [1.82, 2.24) is 5.32 Å². The molecule has 0 aliphatic rings. The van der Waals surface area contributed by atoms with Crippen LogP contribution in [0.1, 0.15) is 30.5 Å². The molecule has 0 fully saturated rings. The van der Waals surface area contributed by atoms with Crippen LogP contribution >= 0.6 is 0 Å². The molecule has 2 rings (SSSR count). The first-order valence-corrected chi connectivity index (χ1v) is 7.79. The summed E-state index contributed by atoms with van der Waals surface area (Å²) in [5, 5.41) is 21.2. The lowest BCUT2D eigenvalue weighted by atomic mass is 10.0. The Labute approximate surface area is 138 Å². The van der Waals surface area contributed by atoms with Crippen LogP contribution in [0.3, 0.4) is 0 Å². The van der Waals surface area contributed by atoms with Gasteiger partial charge in [-0.15, -0.1) is 0 Å². The van der Waals surface area contributed by atoms with Gasteiger partial charge in [0.1, 0.15) is 5.75 Å². The van der Waals surface area contributed by atoms with Crippen molar-refractivity contribution in [3.63, 3.8) is 0 Å². The average molecular weight is 311 g/mol. The maximum absolute atomic E-state index is 9.33. The van der Waals surface area contributed by atoms with E-state index in [1.54, 1.807) is 24.3 Å². The number of nitrogens with zero attached hydrogens (tertiary/aromatic N) is 1. The van der Waals surface area contributed by atoms with E-state index in [1.807, 2.05) is 24.3 Å². The van der Waals surface area contributed by atoms with E-state index >= 15 is 0 Å². The Kier molecular flexibility index (Phi) is 8.45. The van der Waals surface area contributed by atoms with Gasteiger partial charge in [0.25, 0.3) is 0 Å². The lowest BCUT2D eigenvalue weighted by molar-refractivity contribution is 0.474. The molecule has 4 N–H and O–H groups in total. The van der Waals surface area contributed by atoms with E-state index in [0.717, 1.165) is 30.6 Å². The number of phenols is 1. The highest BCUT2D eigenvalue weighted by Crippen LogP contribution is 2.15. The molecule has 0 aliphatic heterocycles. The summed E-state index contributed by atoms with van der Waals surface area (Å²) in [6, 6.07) is 17.2. The van der Waals surface area contributed by atoms with Gasteiger partial charge in [-0.05, 0) is 55.3 Å². The van der Waals surface area contributed by atoms with Crippen LogP contribution in [0.4, 0.5) is 0 Å². The minimum Gasteiger partial charge on any atom is -0.508 e. The molecule has 0 aromatic heterocycles. The highest BCUT2D eigenvalue weighted by molar-refractivity contribution is 5.35. The van der Waals surface area contributed by atoms with Gasteiger partial charge in [0.15, 0.2) is 0 Å². The van der Waals surface area contributed by atoms with Gasteiger partial charge in [0.05, 0.1) is 11.6 Å². The minimum absolute atomic E-state index is 0.283. The first-order chi connectivity index (χ1) is 11.1. The predicted molar refractivity (Wildman–Crippen MR) is 94.3 cm³/mol. The molecule has 2 aromatic rings. The zero-order chi connectivity index (χ0) is 17.1. The van der Waals surface area contributed by atoms with Crippen LogP contribution in [0.15, 0.2) is 48.5 Å². The van der Waals surface area contributed by atoms with E-state index in [9.17, 15) is 5.11 Å². The fraction of sp³-hybridized carbons (Fsp3) is 0.316. The molecule has 4 heteroatoms. The molecule has 1 unspecified atom stereocenters. The number of benzene rings is 2. The summed E-state index contributed by atoms with van der Waals surface area (Å²) in [6.45, 7) is 5.89. The standard InChI is InChI=1S/C14H11NO.C5H14N2/c15-10-12-6-4-11(5-7-12)8-13-2-1-3-14(16)9-13;1-3-7-5(2)4-6/h1-7,9,16H,8H2;5,7H,3-4,6H2,1-2H3. The Morgan fingerprint density at radius 1 is 1.17 bits per heavy atom. The van der Waals surface area contributed by atoms with Crippen molar-refractivity contribution in [2.45, 2.75) is 26.3 Å². The second-order valence-corrected chi connectivity index (χ2v) is 5.35. The van der Waals surface area contributed by atoms with Gasteiger partial charge >= 0.3 is 0 Å². The van der Waals surface area contributed by atoms with Crippen molar-refractivity contribution in [3.8, 4) is 11.8 Å². The molecular formula is C19H25N3O. The molecule has 23 heavy (non-hydrogen) atoms. The smallest absolute Gasteiger partial charge is 0.115 e. The summed E-state index contributed by atoms with van der Waals surface area (Å²) in [6.07, 6.45) is 0.764. The first-order valence-electron chi connectivity index (χ1n) is 7.79. The van der Waals surface area contributed by atoms with Gasteiger partial charge in [-0.1, -0.05) is 31.2 Å². The van der Waals surface area contributed by atoms with Gasteiger partial charge < -0.3 is 16.2 Å². The third-order valence-corrected chi connectivity index (χ3v) is 3.31. The Morgan fingerprint density at radius 2 is 1.87 bits per heavy atom. The van der Waals surface area contributed by atoms with Crippen LogP contribution in [-0.4, -0.2) is 24.2 Å². The van der Waals surface area contributed by atoms with Crippen LogP contribution in [0, 0.1) is 11.3 Å². The Bertz CT molecular complexity index is 617. The van der Waals surface area contributed by atoms with Crippen LogP contribution in [0.25, 0.3) is 0 Å². The second-order valence-electron chi connectivity index (χ2n) is 5.35. The second kappa shape index (κ2) is 10.4. The number of rotatable bonds is 5. The summed E-state index contributed by atoms with van der Waals surface area (Å²) in [5.74, 6) is 0.283. The summed E-state index contributed by atoms with van der Waals surface area (Å²) in [7, 11) is 0. The van der Waals surface area contributed by atoms with Crippen molar-refractivity contribution in [2.75, 3.05) is 13.1 Å². The molecule has 0 radical (unpaired) electrons. The third kappa shape index (κ3) is 7.46. The van der Waals surface area contributed by atoms with Gasteiger partial charge in [0.2, 0.25) is 0 Å². The number of hydrogen-bond donors (Lipinski definition) is 3. The SMILES string of the molecule is CCNC(C)CN.N#Cc1ccc(Cc2cccc(O)c2)cc1. The Morgan fingerprint density at radius 3 is 2.35 bits per heavy atom. The van der Waals surface area contributed by atoms with Gasteiger partial charge in [-0.2, -0.15) is 5.26 Å². The predicted octanol–water partition coefficient (Wildman–Crippen LogP) is 2.80. The Hall–Kier alpha value is -2.35. The van der Waals surface area contributed by atoms with Crippen LogP contribution in [-0.2, 0) is 6.42 Å². The fourth-order valence-electron chi connectivity index (χ4n) is 2.03. The highest BCUT2D eigenvalue weighted by Gasteiger charge is 1.98. The van der Waals surface area contributed by atoms with E-state index in [-0.39, 0.29) is 5.75 Å². The average Bonchev–Trinajstić information content (AvgIpc) is 2.56. The number of nitriles is 1. The van der Waals surface area contributed by atoms with Gasteiger partial charge in [-0.3, -0.25) is 0 Å². The maximum atomic E-state index is 9.33. The largest absolute Gasteiger partial charge is 0.508 e. The van der Waals surface area contributed by atoms with Crippen LogP contribution in [0.2, 0.25) is 0 Å². The molecular weight excluding hydrogens is 286 g/mol. The van der Waals surface area contributed by atoms with Crippen molar-refractivity contribution in [2.24, 2.45) is 5.73 Å². The van der Waals surface area contributed by atoms with Crippen LogP contribution in [0.5, 0.6) is 5.75 Å². The lowest BCUT2D eigenvalue weighted by Gasteiger charge is -2.06. The normalized spacial score (nSPS) is 11.0. The fourth-order valence-corrected chi connectivity index (χ4v) is 2.03. The zero-order valence-corrected chi connectivity index (χ0v) is 13.8. The molecule has 0 spiro atoms.